The molecule has 1 aromatic rings. The number of hydrogen-bond donors (Lipinski definition) is 1. The van der Waals surface area contributed by atoms with Gasteiger partial charge in [-0.05, 0) is 45.3 Å². The van der Waals surface area contributed by atoms with Crippen molar-refractivity contribution >= 4 is 12.0 Å². The van der Waals surface area contributed by atoms with Gasteiger partial charge < -0.3 is 10.1 Å². The summed E-state index contributed by atoms with van der Waals surface area (Å²) in [5.41, 5.74) is -0.645. The summed E-state index contributed by atoms with van der Waals surface area (Å²) in [5.74, 6) is -0.432. The lowest BCUT2D eigenvalue weighted by molar-refractivity contribution is -0.164. The number of esters is 1. The van der Waals surface area contributed by atoms with Crippen LogP contribution in [-0.2, 0) is 20.7 Å². The first-order valence-electron chi connectivity index (χ1n) is 7.55. The van der Waals surface area contributed by atoms with Gasteiger partial charge in [-0.15, -0.1) is 0 Å². The van der Waals surface area contributed by atoms with Crippen molar-refractivity contribution in [1.82, 2.24) is 5.32 Å². The maximum absolute atomic E-state index is 12.6. The van der Waals surface area contributed by atoms with Crippen molar-refractivity contribution in [2.45, 2.75) is 44.2 Å². The molecule has 0 unspecified atom stereocenters. The number of piperidine rings is 1. The van der Waals surface area contributed by atoms with Gasteiger partial charge in [0.1, 0.15) is 5.60 Å². The first-order chi connectivity index (χ1) is 10.5. The topological polar surface area (TPSA) is 67.8 Å². The molecular formula is C17H22N2O3. The first-order valence-corrected chi connectivity index (χ1v) is 7.55. The summed E-state index contributed by atoms with van der Waals surface area (Å²) in [7, 11) is 0. The lowest BCUT2D eigenvalue weighted by atomic mass is 9.88. The molecule has 5 heteroatoms. The lowest BCUT2D eigenvalue weighted by Gasteiger charge is -2.34. The molecule has 0 spiro atoms. The van der Waals surface area contributed by atoms with Gasteiger partial charge in [0.25, 0.3) is 0 Å². The maximum atomic E-state index is 12.6. The molecule has 1 saturated heterocycles. The predicted octanol–water partition coefficient (Wildman–Crippen LogP) is 2.01. The van der Waals surface area contributed by atoms with Crippen LogP contribution in [0.3, 0.4) is 0 Å². The minimum Gasteiger partial charge on any atom is -0.457 e. The molecule has 1 aliphatic heterocycles. The van der Waals surface area contributed by atoms with E-state index in [1.807, 2.05) is 44.2 Å². The zero-order valence-corrected chi connectivity index (χ0v) is 13.1. The summed E-state index contributed by atoms with van der Waals surface area (Å²) in [5, 5.41) is 3.16. The highest BCUT2D eigenvalue weighted by molar-refractivity contribution is 5.82. The molecule has 0 aliphatic carbocycles. The van der Waals surface area contributed by atoms with Crippen LogP contribution < -0.4 is 5.32 Å². The molecule has 0 amide bonds. The van der Waals surface area contributed by atoms with Gasteiger partial charge in [0.2, 0.25) is 6.08 Å². The highest BCUT2D eigenvalue weighted by atomic mass is 16.6. The van der Waals surface area contributed by atoms with E-state index in [1.165, 1.54) is 0 Å². The van der Waals surface area contributed by atoms with Gasteiger partial charge in [0, 0.05) is 6.42 Å². The number of carbonyl (C=O) groups is 1. The molecule has 1 aromatic carbocycles. The number of rotatable bonds is 5. The highest BCUT2D eigenvalue weighted by Crippen LogP contribution is 2.28. The predicted molar refractivity (Wildman–Crippen MR) is 83.3 cm³/mol. The third kappa shape index (κ3) is 4.03. The number of benzene rings is 1. The Labute approximate surface area is 130 Å². The Morgan fingerprint density at radius 1 is 1.32 bits per heavy atom. The van der Waals surface area contributed by atoms with E-state index >= 15 is 0 Å². The lowest BCUT2D eigenvalue weighted by Crippen LogP contribution is -2.49. The fraction of sp³-hybridized carbons (Fsp3) is 0.529. The van der Waals surface area contributed by atoms with Crippen LogP contribution in [0.1, 0.15) is 32.3 Å². The summed E-state index contributed by atoms with van der Waals surface area (Å²) in [6.45, 7) is 5.02. The van der Waals surface area contributed by atoms with Crippen molar-refractivity contribution in [2.24, 2.45) is 4.99 Å². The molecule has 0 aromatic heterocycles. The minimum absolute atomic E-state index is 0.432. The zero-order valence-electron chi connectivity index (χ0n) is 13.1. The van der Waals surface area contributed by atoms with Crippen molar-refractivity contribution in [1.29, 1.82) is 0 Å². The molecule has 1 N–H and O–H groups in total. The second kappa shape index (κ2) is 6.86. The molecule has 1 aliphatic rings. The average molecular weight is 302 g/mol. The Hall–Kier alpha value is -1.97. The van der Waals surface area contributed by atoms with Crippen LogP contribution in [0.2, 0.25) is 0 Å². The molecule has 0 radical (unpaired) electrons. The van der Waals surface area contributed by atoms with Crippen molar-refractivity contribution in [3.8, 4) is 0 Å². The maximum Gasteiger partial charge on any atom is 0.335 e. The second-order valence-corrected chi connectivity index (χ2v) is 6.30. The van der Waals surface area contributed by atoms with Gasteiger partial charge in [0.05, 0.1) is 0 Å². The van der Waals surface area contributed by atoms with Gasteiger partial charge in [-0.1, -0.05) is 30.3 Å². The Balaban J connectivity index is 2.09. The van der Waals surface area contributed by atoms with E-state index in [9.17, 15) is 9.59 Å². The summed E-state index contributed by atoms with van der Waals surface area (Å²) in [6.07, 6.45) is 3.07. The molecule has 1 fully saturated rings. The molecule has 2 rings (SSSR count). The van der Waals surface area contributed by atoms with E-state index in [2.05, 4.69) is 10.3 Å². The van der Waals surface area contributed by atoms with Crippen LogP contribution in [0, 0.1) is 0 Å². The van der Waals surface area contributed by atoms with Crippen molar-refractivity contribution in [3.63, 3.8) is 0 Å². The van der Waals surface area contributed by atoms with Gasteiger partial charge in [-0.3, -0.25) is 0 Å². The van der Waals surface area contributed by atoms with E-state index in [4.69, 9.17) is 4.74 Å². The van der Waals surface area contributed by atoms with Gasteiger partial charge in [-0.25, -0.2) is 9.59 Å². The second-order valence-electron chi connectivity index (χ2n) is 6.30. The minimum atomic E-state index is -1.08. The number of isocyanates is 1. The number of nitrogens with zero attached hydrogens (tertiary/aromatic N) is 1. The quantitative estimate of drug-likeness (QED) is 0.513. The Morgan fingerprint density at radius 3 is 2.55 bits per heavy atom. The Kier molecular flexibility index (Phi) is 5.11. The Morgan fingerprint density at radius 2 is 1.95 bits per heavy atom. The van der Waals surface area contributed by atoms with Crippen LogP contribution in [0.5, 0.6) is 0 Å². The summed E-state index contributed by atoms with van der Waals surface area (Å²) >= 11 is 0. The molecular weight excluding hydrogens is 280 g/mol. The standard InChI is InChI=1S/C17H22N2O3/c1-16(2,12-14-6-4-3-5-7-14)22-15(21)17(19-13-20)8-10-18-11-9-17/h3-7,18H,8-12H2,1-2H3. The monoisotopic (exact) mass is 302 g/mol. The van der Waals surface area contributed by atoms with Crippen molar-refractivity contribution in [3.05, 3.63) is 35.9 Å². The van der Waals surface area contributed by atoms with E-state index in [-0.39, 0.29) is 0 Å². The average Bonchev–Trinajstić information content (AvgIpc) is 2.48. The molecule has 5 nitrogen and oxygen atoms in total. The van der Waals surface area contributed by atoms with Gasteiger partial charge >= 0.3 is 5.97 Å². The number of carbonyl (C=O) groups excluding carboxylic acids is 2. The van der Waals surface area contributed by atoms with E-state index in [1.54, 1.807) is 6.08 Å². The smallest absolute Gasteiger partial charge is 0.335 e. The Bertz CT molecular complexity index is 557. The molecule has 0 bridgehead atoms. The number of ether oxygens (including phenoxy) is 1. The normalized spacial score (nSPS) is 17.4. The molecule has 118 valence electrons. The van der Waals surface area contributed by atoms with Crippen LogP contribution in [0.4, 0.5) is 0 Å². The van der Waals surface area contributed by atoms with Crippen LogP contribution in [0.15, 0.2) is 35.3 Å². The van der Waals surface area contributed by atoms with E-state index < -0.39 is 17.1 Å². The number of hydrogen-bond acceptors (Lipinski definition) is 5. The van der Waals surface area contributed by atoms with Crippen LogP contribution >= 0.6 is 0 Å². The fourth-order valence-electron chi connectivity index (χ4n) is 2.76. The van der Waals surface area contributed by atoms with Crippen molar-refractivity contribution in [2.75, 3.05) is 13.1 Å². The molecule has 0 saturated carbocycles. The number of aliphatic imine (C=N–C) groups is 1. The van der Waals surface area contributed by atoms with Crippen molar-refractivity contribution < 1.29 is 14.3 Å². The first kappa shape index (κ1) is 16.4. The summed E-state index contributed by atoms with van der Waals surface area (Å²) in [4.78, 5) is 27.1. The molecule has 1 heterocycles. The largest absolute Gasteiger partial charge is 0.457 e. The van der Waals surface area contributed by atoms with Gasteiger partial charge in [0.15, 0.2) is 5.54 Å². The highest BCUT2D eigenvalue weighted by Gasteiger charge is 2.43. The van der Waals surface area contributed by atoms with E-state index in [0.717, 1.165) is 5.56 Å². The summed E-state index contributed by atoms with van der Waals surface area (Å²) in [6, 6.07) is 9.86. The number of nitrogens with one attached hydrogen (secondary N) is 1. The zero-order chi connectivity index (χ0) is 16.1. The third-order valence-corrected chi connectivity index (χ3v) is 3.91. The molecule has 0 atom stereocenters. The third-order valence-electron chi connectivity index (χ3n) is 3.91. The summed E-state index contributed by atoms with van der Waals surface area (Å²) < 4.78 is 5.70. The van der Waals surface area contributed by atoms with Gasteiger partial charge in [-0.2, -0.15) is 4.99 Å². The SMILES string of the molecule is CC(C)(Cc1ccccc1)OC(=O)C1(N=C=O)CCNCC1. The van der Waals surface area contributed by atoms with Crippen LogP contribution in [-0.4, -0.2) is 36.3 Å². The fourth-order valence-corrected chi connectivity index (χ4v) is 2.76. The van der Waals surface area contributed by atoms with E-state index in [0.29, 0.717) is 32.4 Å². The van der Waals surface area contributed by atoms with Crippen LogP contribution in [0.25, 0.3) is 0 Å². The molecule has 22 heavy (non-hydrogen) atoms.